The van der Waals surface area contributed by atoms with E-state index < -0.39 is 0 Å². The van der Waals surface area contributed by atoms with Crippen molar-refractivity contribution in [3.05, 3.63) is 90.0 Å². The first kappa shape index (κ1) is 23.9. The van der Waals surface area contributed by atoms with E-state index >= 15 is 0 Å². The minimum atomic E-state index is -0.133. The van der Waals surface area contributed by atoms with Gasteiger partial charge in [-0.3, -0.25) is 9.59 Å². The van der Waals surface area contributed by atoms with Crippen LogP contribution in [0.25, 0.3) is 0 Å². The quantitative estimate of drug-likeness (QED) is 0.400. The molecule has 1 aliphatic rings. The van der Waals surface area contributed by atoms with Crippen LogP contribution in [0.3, 0.4) is 0 Å². The molecule has 176 valence electrons. The predicted molar refractivity (Wildman–Crippen MR) is 141 cm³/mol. The largest absolute Gasteiger partial charge is 0.371 e. The van der Waals surface area contributed by atoms with Crippen LogP contribution in [-0.4, -0.2) is 30.7 Å². The highest BCUT2D eigenvalue weighted by Gasteiger charge is 2.21. The lowest BCUT2D eigenvalue weighted by Gasteiger charge is -2.31. The van der Waals surface area contributed by atoms with E-state index in [0.717, 1.165) is 42.1 Å². The number of anilines is 2. The molecule has 1 heterocycles. The molecular formula is C28H31N3O2S. The Hall–Kier alpha value is -3.25. The first-order valence-corrected chi connectivity index (χ1v) is 12.8. The van der Waals surface area contributed by atoms with Crippen LogP contribution < -0.4 is 15.5 Å². The van der Waals surface area contributed by atoms with Crippen LogP contribution in [0.4, 0.5) is 11.4 Å². The van der Waals surface area contributed by atoms with Crippen LogP contribution in [0.5, 0.6) is 0 Å². The summed E-state index contributed by atoms with van der Waals surface area (Å²) in [5, 5.41) is 6.10. The summed E-state index contributed by atoms with van der Waals surface area (Å²) in [6.45, 7) is 3.86. The van der Waals surface area contributed by atoms with Gasteiger partial charge in [-0.15, -0.1) is 11.8 Å². The molecule has 2 amide bonds. The Morgan fingerprint density at radius 2 is 1.59 bits per heavy atom. The molecule has 3 aromatic carbocycles. The summed E-state index contributed by atoms with van der Waals surface area (Å²) in [6.07, 6.45) is 3.46. The van der Waals surface area contributed by atoms with Gasteiger partial charge in [-0.25, -0.2) is 0 Å². The van der Waals surface area contributed by atoms with E-state index in [-0.39, 0.29) is 17.9 Å². The number of carbonyl (C=O) groups is 2. The first-order valence-electron chi connectivity index (χ1n) is 11.8. The van der Waals surface area contributed by atoms with Crippen molar-refractivity contribution in [3.8, 4) is 0 Å². The van der Waals surface area contributed by atoms with Gasteiger partial charge in [-0.1, -0.05) is 48.5 Å². The van der Waals surface area contributed by atoms with Gasteiger partial charge in [0.1, 0.15) is 0 Å². The molecule has 0 aliphatic carbocycles. The molecular weight excluding hydrogens is 442 g/mol. The molecule has 1 aliphatic heterocycles. The molecule has 4 rings (SSSR count). The molecule has 34 heavy (non-hydrogen) atoms. The number of thioether (sulfide) groups is 1. The second-order valence-corrected chi connectivity index (χ2v) is 9.58. The maximum Gasteiger partial charge on any atom is 0.253 e. The van der Waals surface area contributed by atoms with Gasteiger partial charge in [0.15, 0.2) is 0 Å². The number of rotatable bonds is 8. The van der Waals surface area contributed by atoms with E-state index in [2.05, 4.69) is 15.5 Å². The topological polar surface area (TPSA) is 61.4 Å². The fourth-order valence-corrected chi connectivity index (χ4v) is 4.89. The number of carbonyl (C=O) groups excluding carboxylic acids is 2. The zero-order valence-corrected chi connectivity index (χ0v) is 20.3. The number of hydrogen-bond donors (Lipinski definition) is 2. The second kappa shape index (κ2) is 11.7. The zero-order valence-electron chi connectivity index (χ0n) is 19.5. The molecule has 1 saturated heterocycles. The van der Waals surface area contributed by atoms with Gasteiger partial charge < -0.3 is 15.5 Å². The smallest absolute Gasteiger partial charge is 0.253 e. The molecule has 0 radical (unpaired) electrons. The SMILES string of the molecule is CC(NC(=O)c1cc(NC(=O)CSc2ccccc2)ccc1N1CCCCC1)c1ccccc1. The highest BCUT2D eigenvalue weighted by Crippen LogP contribution is 2.28. The number of nitrogens with zero attached hydrogens (tertiary/aromatic N) is 1. The average Bonchev–Trinajstić information content (AvgIpc) is 2.89. The Morgan fingerprint density at radius 1 is 0.912 bits per heavy atom. The van der Waals surface area contributed by atoms with Gasteiger partial charge in [0.2, 0.25) is 5.91 Å². The van der Waals surface area contributed by atoms with Crippen LogP contribution in [-0.2, 0) is 4.79 Å². The van der Waals surface area contributed by atoms with Gasteiger partial charge in [-0.2, -0.15) is 0 Å². The molecule has 0 saturated carbocycles. The maximum atomic E-state index is 13.4. The average molecular weight is 474 g/mol. The third-order valence-corrected chi connectivity index (χ3v) is 6.99. The Morgan fingerprint density at radius 3 is 2.29 bits per heavy atom. The fourth-order valence-electron chi connectivity index (χ4n) is 4.17. The minimum Gasteiger partial charge on any atom is -0.371 e. The third-order valence-electron chi connectivity index (χ3n) is 5.98. The van der Waals surface area contributed by atoms with Gasteiger partial charge >= 0.3 is 0 Å². The molecule has 2 N–H and O–H groups in total. The second-order valence-electron chi connectivity index (χ2n) is 8.54. The number of nitrogens with one attached hydrogen (secondary N) is 2. The van der Waals surface area contributed by atoms with Crippen LogP contribution >= 0.6 is 11.8 Å². The maximum absolute atomic E-state index is 13.4. The lowest BCUT2D eigenvalue weighted by Crippen LogP contribution is -2.33. The van der Waals surface area contributed by atoms with Crippen molar-refractivity contribution in [2.45, 2.75) is 37.1 Å². The van der Waals surface area contributed by atoms with Crippen molar-refractivity contribution in [2.75, 3.05) is 29.1 Å². The molecule has 3 aromatic rings. The van der Waals surface area contributed by atoms with Crippen LogP contribution in [0.2, 0.25) is 0 Å². The highest BCUT2D eigenvalue weighted by atomic mass is 32.2. The van der Waals surface area contributed by atoms with Crippen molar-refractivity contribution in [1.82, 2.24) is 5.32 Å². The molecule has 1 atom stereocenters. The monoisotopic (exact) mass is 473 g/mol. The summed E-state index contributed by atoms with van der Waals surface area (Å²) < 4.78 is 0. The van der Waals surface area contributed by atoms with E-state index in [4.69, 9.17) is 0 Å². The summed E-state index contributed by atoms with van der Waals surface area (Å²) in [5.74, 6) is 0.0834. The number of benzene rings is 3. The van der Waals surface area contributed by atoms with Gasteiger partial charge in [0.05, 0.1) is 17.4 Å². The lowest BCUT2D eigenvalue weighted by atomic mass is 10.0. The van der Waals surface area contributed by atoms with Gasteiger partial charge in [0.25, 0.3) is 5.91 Å². The standard InChI is InChI=1S/C28H31N3O2S/c1-21(22-11-5-2-6-12-22)29-28(33)25-19-23(15-16-26(25)31-17-9-4-10-18-31)30-27(32)20-34-24-13-7-3-8-14-24/h2-3,5-8,11-16,19,21H,4,9-10,17-18,20H2,1H3,(H,29,33)(H,30,32). The molecule has 0 bridgehead atoms. The Labute approximate surface area is 205 Å². The molecule has 0 aromatic heterocycles. The van der Waals surface area contributed by atoms with Crippen LogP contribution in [0.1, 0.15) is 48.1 Å². The normalized spacial score (nSPS) is 14.3. The number of piperidine rings is 1. The highest BCUT2D eigenvalue weighted by molar-refractivity contribution is 8.00. The van der Waals surface area contributed by atoms with Gasteiger partial charge in [-0.05, 0) is 62.1 Å². The van der Waals surface area contributed by atoms with E-state index in [9.17, 15) is 9.59 Å². The summed E-state index contributed by atoms with van der Waals surface area (Å²) in [7, 11) is 0. The van der Waals surface area contributed by atoms with E-state index in [1.807, 2.05) is 85.8 Å². The van der Waals surface area contributed by atoms with Crippen molar-refractivity contribution < 1.29 is 9.59 Å². The molecule has 6 heteroatoms. The summed E-state index contributed by atoms with van der Waals surface area (Å²) in [6, 6.07) is 25.3. The van der Waals surface area contributed by atoms with E-state index in [1.54, 1.807) is 0 Å². The molecule has 1 unspecified atom stereocenters. The molecule has 1 fully saturated rings. The summed E-state index contributed by atoms with van der Waals surface area (Å²) in [5.41, 5.74) is 3.21. The Balaban J connectivity index is 1.50. The third kappa shape index (κ3) is 6.41. The van der Waals surface area contributed by atoms with Crippen molar-refractivity contribution in [2.24, 2.45) is 0 Å². The Kier molecular flexibility index (Phi) is 8.26. The number of amides is 2. The van der Waals surface area contributed by atoms with E-state index in [0.29, 0.717) is 17.0 Å². The predicted octanol–water partition coefficient (Wildman–Crippen LogP) is 5.90. The zero-order chi connectivity index (χ0) is 23.8. The molecule has 5 nitrogen and oxygen atoms in total. The number of hydrogen-bond acceptors (Lipinski definition) is 4. The first-order chi connectivity index (χ1) is 16.6. The van der Waals surface area contributed by atoms with Crippen molar-refractivity contribution in [3.63, 3.8) is 0 Å². The minimum absolute atomic E-state index is 0.0939. The Bertz CT molecular complexity index is 1100. The van der Waals surface area contributed by atoms with Crippen LogP contribution in [0, 0.1) is 0 Å². The van der Waals surface area contributed by atoms with Crippen LogP contribution in [0.15, 0.2) is 83.8 Å². The lowest BCUT2D eigenvalue weighted by molar-refractivity contribution is -0.113. The van der Waals surface area contributed by atoms with Crippen molar-refractivity contribution in [1.29, 1.82) is 0 Å². The van der Waals surface area contributed by atoms with E-state index in [1.165, 1.54) is 18.2 Å². The fraction of sp³-hybridized carbons (Fsp3) is 0.286. The van der Waals surface area contributed by atoms with Crippen molar-refractivity contribution >= 4 is 35.0 Å². The summed E-state index contributed by atoms with van der Waals surface area (Å²) >= 11 is 1.49. The molecule has 0 spiro atoms. The summed E-state index contributed by atoms with van der Waals surface area (Å²) in [4.78, 5) is 29.3. The van der Waals surface area contributed by atoms with Gasteiger partial charge in [0, 0.05) is 29.4 Å².